The summed E-state index contributed by atoms with van der Waals surface area (Å²) in [5.41, 5.74) is 14.6. The van der Waals surface area contributed by atoms with E-state index in [1.807, 2.05) is 78.2 Å². The fraction of sp³-hybridized carbons (Fsp3) is 0.0789. The summed E-state index contributed by atoms with van der Waals surface area (Å²) in [4.78, 5) is 13.4. The Balaban J connectivity index is 1.02. The highest BCUT2D eigenvalue weighted by Crippen LogP contribution is 2.50. The van der Waals surface area contributed by atoms with Crippen molar-refractivity contribution < 1.29 is 8.83 Å². The third-order valence-electron chi connectivity index (χ3n) is 8.34. The van der Waals surface area contributed by atoms with Gasteiger partial charge in [-0.05, 0) is 94.4 Å². The van der Waals surface area contributed by atoms with Crippen molar-refractivity contribution in [3.63, 3.8) is 0 Å². The molecule has 11 heteroatoms. The molecule has 7 aromatic rings. The maximum atomic E-state index is 6.25. The summed E-state index contributed by atoms with van der Waals surface area (Å²) in [6.07, 6.45) is 7.06. The van der Waals surface area contributed by atoms with E-state index in [0.29, 0.717) is 29.1 Å². The van der Waals surface area contributed by atoms with E-state index in [2.05, 4.69) is 68.5 Å². The molecule has 0 amide bonds. The Kier molecular flexibility index (Phi) is 7.65. The molecule has 0 aliphatic heterocycles. The van der Waals surface area contributed by atoms with Gasteiger partial charge in [0.1, 0.15) is 10.7 Å². The van der Waals surface area contributed by atoms with Crippen molar-refractivity contribution in [2.24, 2.45) is 5.73 Å². The van der Waals surface area contributed by atoms with E-state index in [1.54, 1.807) is 18.5 Å². The molecule has 5 aromatic heterocycles. The lowest BCUT2D eigenvalue weighted by molar-refractivity contribution is 0.552. The number of fused-ring (bicyclic) bond motifs is 3. The maximum absolute atomic E-state index is 6.25. The summed E-state index contributed by atoms with van der Waals surface area (Å²) in [6, 6.07) is 29.6. The quantitative estimate of drug-likeness (QED) is 0.124. The van der Waals surface area contributed by atoms with Crippen LogP contribution in [0.4, 0.5) is 0 Å². The number of pyridine rings is 3. The predicted octanol–water partition coefficient (Wildman–Crippen LogP) is 8.22. The summed E-state index contributed by atoms with van der Waals surface area (Å²) >= 11 is 1.49. The molecule has 0 saturated carbocycles. The van der Waals surface area contributed by atoms with E-state index in [9.17, 15) is 0 Å². The predicted molar refractivity (Wildman–Crippen MR) is 188 cm³/mol. The van der Waals surface area contributed by atoms with Crippen LogP contribution >= 0.6 is 11.8 Å². The van der Waals surface area contributed by atoms with Gasteiger partial charge in [0.05, 0.1) is 17.1 Å². The largest absolute Gasteiger partial charge is 0.415 e. The van der Waals surface area contributed by atoms with E-state index < -0.39 is 0 Å². The molecule has 49 heavy (non-hydrogen) atoms. The molecule has 1 aliphatic carbocycles. The zero-order valence-electron chi connectivity index (χ0n) is 26.5. The lowest BCUT2D eigenvalue weighted by Crippen LogP contribution is -2.15. The summed E-state index contributed by atoms with van der Waals surface area (Å²) < 4.78 is 12.1. The molecule has 0 radical (unpaired) electrons. The number of rotatable bonds is 8. The van der Waals surface area contributed by atoms with Crippen LogP contribution in [0.2, 0.25) is 0 Å². The number of aromatic nitrogens is 7. The van der Waals surface area contributed by atoms with Crippen LogP contribution in [0.5, 0.6) is 0 Å². The van der Waals surface area contributed by atoms with Crippen molar-refractivity contribution >= 4 is 17.5 Å². The van der Waals surface area contributed by atoms with Crippen LogP contribution < -0.4 is 5.73 Å². The van der Waals surface area contributed by atoms with Crippen molar-refractivity contribution in [1.82, 2.24) is 35.3 Å². The molecule has 0 bridgehead atoms. The zero-order chi connectivity index (χ0) is 33.4. The van der Waals surface area contributed by atoms with Crippen molar-refractivity contribution in [1.29, 1.82) is 0 Å². The van der Waals surface area contributed by atoms with Crippen LogP contribution in [0, 0.1) is 0 Å². The van der Waals surface area contributed by atoms with Gasteiger partial charge >= 0.3 is 0 Å². The molecular formula is C38H28N8O2S. The molecule has 0 atom stereocenters. The Morgan fingerprint density at radius 3 is 2.04 bits per heavy atom. The maximum Gasteiger partial charge on any atom is 0.266 e. The third kappa shape index (κ3) is 5.80. The third-order valence-corrected chi connectivity index (χ3v) is 9.12. The summed E-state index contributed by atoms with van der Waals surface area (Å²) in [7, 11) is 0. The van der Waals surface area contributed by atoms with Gasteiger partial charge in [0.25, 0.3) is 11.8 Å². The lowest BCUT2D eigenvalue weighted by atomic mass is 9.81. The second kappa shape index (κ2) is 12.4. The Morgan fingerprint density at radius 1 is 0.673 bits per heavy atom. The van der Waals surface area contributed by atoms with E-state index in [1.165, 1.54) is 11.8 Å². The van der Waals surface area contributed by atoms with Gasteiger partial charge in [0.2, 0.25) is 11.8 Å². The molecule has 10 nitrogen and oxygen atoms in total. The minimum absolute atomic E-state index is 0.257. The first kappa shape index (κ1) is 30.2. The summed E-state index contributed by atoms with van der Waals surface area (Å²) in [6.45, 7) is 4.40. The van der Waals surface area contributed by atoms with Crippen LogP contribution in [0.1, 0.15) is 30.9 Å². The Hall–Kier alpha value is -6.20. The molecule has 0 saturated heterocycles. The number of hydrogen-bond acceptors (Lipinski definition) is 11. The first-order valence-electron chi connectivity index (χ1n) is 15.5. The molecular weight excluding hydrogens is 633 g/mol. The van der Waals surface area contributed by atoms with Gasteiger partial charge in [0.15, 0.2) is 0 Å². The Labute approximate surface area is 285 Å². The SMILES string of the molecule is CC1(C)c2cc(-c3nnc(/C(N)=C/C=C\Sc4ccccn4)o3)ccc2-c2ccc(-c3nnc(-c4cccc(-c5ccccn5)n4)o3)cc21. The number of hydrogen-bond donors (Lipinski definition) is 1. The van der Waals surface area contributed by atoms with Crippen LogP contribution in [0.15, 0.2) is 135 Å². The minimum Gasteiger partial charge on any atom is -0.415 e. The second-order valence-electron chi connectivity index (χ2n) is 11.8. The number of allylic oxidation sites excluding steroid dienone is 2. The molecule has 0 fully saturated rings. The van der Waals surface area contributed by atoms with Crippen LogP contribution in [-0.2, 0) is 5.41 Å². The van der Waals surface area contributed by atoms with Crippen LogP contribution in [0.3, 0.4) is 0 Å². The number of nitrogens with zero attached hydrogens (tertiary/aromatic N) is 7. The molecule has 8 rings (SSSR count). The highest BCUT2D eigenvalue weighted by atomic mass is 32.2. The first-order chi connectivity index (χ1) is 23.9. The van der Waals surface area contributed by atoms with Crippen molar-refractivity contribution in [3.05, 3.63) is 138 Å². The monoisotopic (exact) mass is 660 g/mol. The van der Waals surface area contributed by atoms with Gasteiger partial charge in [-0.1, -0.05) is 62.0 Å². The van der Waals surface area contributed by atoms with Gasteiger partial charge in [-0.2, -0.15) is 0 Å². The fourth-order valence-electron chi connectivity index (χ4n) is 5.85. The highest BCUT2D eigenvalue weighted by molar-refractivity contribution is 8.02. The van der Waals surface area contributed by atoms with Gasteiger partial charge in [-0.25, -0.2) is 9.97 Å². The average molecular weight is 661 g/mol. The van der Waals surface area contributed by atoms with Crippen LogP contribution in [-0.4, -0.2) is 35.3 Å². The first-order valence-corrected chi connectivity index (χ1v) is 16.4. The zero-order valence-corrected chi connectivity index (χ0v) is 27.3. The van der Waals surface area contributed by atoms with E-state index in [0.717, 1.165) is 49.8 Å². The van der Waals surface area contributed by atoms with E-state index >= 15 is 0 Å². The number of benzene rings is 2. The van der Waals surface area contributed by atoms with Gasteiger partial charge in [-0.15, -0.1) is 20.4 Å². The molecule has 2 N–H and O–H groups in total. The molecule has 2 aromatic carbocycles. The summed E-state index contributed by atoms with van der Waals surface area (Å²) in [5, 5.41) is 20.0. The second-order valence-corrected chi connectivity index (χ2v) is 12.8. The Morgan fingerprint density at radius 2 is 1.33 bits per heavy atom. The van der Waals surface area contributed by atoms with E-state index in [4.69, 9.17) is 19.6 Å². The lowest BCUT2D eigenvalue weighted by Gasteiger charge is -2.22. The summed E-state index contributed by atoms with van der Waals surface area (Å²) in [5.74, 6) is 1.42. The highest BCUT2D eigenvalue weighted by Gasteiger charge is 2.36. The minimum atomic E-state index is -0.323. The Bertz CT molecular complexity index is 2360. The fourth-order valence-corrected chi connectivity index (χ4v) is 6.43. The smallest absolute Gasteiger partial charge is 0.266 e. The molecule has 5 heterocycles. The molecule has 238 valence electrons. The van der Waals surface area contributed by atoms with Gasteiger partial charge < -0.3 is 14.6 Å². The molecule has 0 spiro atoms. The number of thioether (sulfide) groups is 1. The van der Waals surface area contributed by atoms with E-state index in [-0.39, 0.29) is 11.3 Å². The van der Waals surface area contributed by atoms with Gasteiger partial charge in [0, 0.05) is 28.9 Å². The van der Waals surface area contributed by atoms with Crippen molar-refractivity contribution in [2.45, 2.75) is 24.3 Å². The van der Waals surface area contributed by atoms with Crippen molar-refractivity contribution in [3.8, 4) is 57.0 Å². The molecule has 1 aliphatic rings. The molecule has 0 unspecified atom stereocenters. The van der Waals surface area contributed by atoms with Crippen molar-refractivity contribution in [2.75, 3.05) is 0 Å². The topological polar surface area (TPSA) is 143 Å². The van der Waals surface area contributed by atoms with Gasteiger partial charge in [-0.3, -0.25) is 4.98 Å². The van der Waals surface area contributed by atoms with Crippen LogP contribution in [0.25, 0.3) is 62.7 Å². The average Bonchev–Trinajstić information content (AvgIpc) is 3.89. The normalized spacial score (nSPS) is 13.5. The number of nitrogens with two attached hydrogens (primary N) is 1. The standard InChI is InChI=1S/C38H28N8O2S/c1-38(2)27-21-23(34-43-45-36(47-34)29(39)9-8-20-49-33-13-4-6-19-41-33)14-16-25(27)26-17-15-24(22-28(26)38)35-44-46-37(48-35)32-12-7-11-31(42-32)30-10-3-5-18-40-30/h3-22H,39H2,1-2H3/b20-8-,29-9-.